The predicted molar refractivity (Wildman–Crippen MR) is 107 cm³/mol. The van der Waals surface area contributed by atoms with Gasteiger partial charge in [0.05, 0.1) is 20.3 Å². The Bertz CT molecular complexity index is 767. The lowest BCUT2D eigenvalue weighted by Crippen LogP contribution is -2.32. The minimum absolute atomic E-state index is 0.0598. The van der Waals surface area contributed by atoms with E-state index in [1.54, 1.807) is 25.3 Å². The summed E-state index contributed by atoms with van der Waals surface area (Å²) >= 11 is 0. The number of hydrogen-bond donors (Lipinski definition) is 3. The summed E-state index contributed by atoms with van der Waals surface area (Å²) in [6.45, 7) is 6.48. The molecular formula is C21H28N2O4. The number of benzene rings is 2. The van der Waals surface area contributed by atoms with Gasteiger partial charge in [0.2, 0.25) is 0 Å². The number of methoxy groups -OCH3 is 2. The Morgan fingerprint density at radius 2 is 1.67 bits per heavy atom. The molecule has 0 radical (unpaired) electrons. The first kappa shape index (κ1) is 20.6. The van der Waals surface area contributed by atoms with Crippen molar-refractivity contribution in [2.75, 3.05) is 26.1 Å². The van der Waals surface area contributed by atoms with Crippen molar-refractivity contribution in [1.82, 2.24) is 5.32 Å². The van der Waals surface area contributed by atoms with E-state index in [2.05, 4.69) is 31.4 Å². The second-order valence-corrected chi connectivity index (χ2v) is 7.29. The highest BCUT2D eigenvalue weighted by molar-refractivity contribution is 5.89. The number of nitrogens with one attached hydrogen (secondary N) is 2. The van der Waals surface area contributed by atoms with Gasteiger partial charge in [-0.15, -0.1) is 0 Å². The van der Waals surface area contributed by atoms with Crippen LogP contribution in [0.5, 0.6) is 11.5 Å². The molecule has 0 bridgehead atoms. The fourth-order valence-corrected chi connectivity index (χ4v) is 2.60. The van der Waals surface area contributed by atoms with E-state index in [9.17, 15) is 9.90 Å². The molecule has 0 saturated carbocycles. The molecule has 2 aromatic carbocycles. The maximum absolute atomic E-state index is 12.1. The molecule has 2 rings (SSSR count). The monoisotopic (exact) mass is 372 g/mol. The molecule has 0 heterocycles. The summed E-state index contributed by atoms with van der Waals surface area (Å²) in [6, 6.07) is 12.5. The van der Waals surface area contributed by atoms with Gasteiger partial charge in [-0.2, -0.15) is 0 Å². The number of amides is 2. The fraction of sp³-hybridized carbons (Fsp3) is 0.381. The molecule has 6 nitrogen and oxygen atoms in total. The summed E-state index contributed by atoms with van der Waals surface area (Å²) in [5.74, 6) is 1.11. The molecule has 27 heavy (non-hydrogen) atoms. The van der Waals surface area contributed by atoms with E-state index in [0.29, 0.717) is 22.7 Å². The predicted octanol–water partition coefficient (Wildman–Crippen LogP) is 3.86. The summed E-state index contributed by atoms with van der Waals surface area (Å²) in [5.41, 5.74) is 2.57. The minimum Gasteiger partial charge on any atom is -0.493 e. The summed E-state index contributed by atoms with van der Waals surface area (Å²) in [4.78, 5) is 12.1. The molecule has 0 aromatic heterocycles. The molecule has 0 saturated heterocycles. The van der Waals surface area contributed by atoms with Gasteiger partial charge in [-0.3, -0.25) is 0 Å². The van der Waals surface area contributed by atoms with E-state index in [1.807, 2.05) is 24.3 Å². The number of rotatable bonds is 6. The average Bonchev–Trinajstić information content (AvgIpc) is 2.65. The number of anilines is 1. The lowest BCUT2D eigenvalue weighted by Gasteiger charge is -2.19. The minimum atomic E-state index is -0.862. The van der Waals surface area contributed by atoms with Gasteiger partial charge in [0.25, 0.3) is 0 Å². The van der Waals surface area contributed by atoms with E-state index < -0.39 is 6.10 Å². The van der Waals surface area contributed by atoms with E-state index in [-0.39, 0.29) is 18.0 Å². The van der Waals surface area contributed by atoms with Crippen molar-refractivity contribution in [3.8, 4) is 11.5 Å². The van der Waals surface area contributed by atoms with Crippen LogP contribution in [0.4, 0.5) is 10.5 Å². The highest BCUT2D eigenvalue weighted by Gasteiger charge is 2.15. The Morgan fingerprint density at radius 3 is 2.22 bits per heavy atom. The van der Waals surface area contributed by atoms with Crippen molar-refractivity contribution in [2.24, 2.45) is 0 Å². The number of carbonyl (C=O) groups is 1. The smallest absolute Gasteiger partial charge is 0.319 e. The highest BCUT2D eigenvalue weighted by Crippen LogP contribution is 2.29. The Labute approximate surface area is 160 Å². The summed E-state index contributed by atoms with van der Waals surface area (Å²) < 4.78 is 10.4. The van der Waals surface area contributed by atoms with Crippen molar-refractivity contribution < 1.29 is 19.4 Å². The third-order valence-corrected chi connectivity index (χ3v) is 4.26. The Balaban J connectivity index is 1.91. The number of aliphatic hydroxyl groups excluding tert-OH is 1. The molecule has 0 aliphatic rings. The summed E-state index contributed by atoms with van der Waals surface area (Å²) in [6.07, 6.45) is -0.862. The maximum Gasteiger partial charge on any atom is 0.319 e. The summed E-state index contributed by atoms with van der Waals surface area (Å²) in [5, 5.41) is 15.7. The highest BCUT2D eigenvalue weighted by atomic mass is 16.5. The Morgan fingerprint density at radius 1 is 1.04 bits per heavy atom. The largest absolute Gasteiger partial charge is 0.493 e. The van der Waals surface area contributed by atoms with Crippen LogP contribution in [0, 0.1) is 0 Å². The molecule has 0 aliphatic heterocycles. The van der Waals surface area contributed by atoms with Crippen LogP contribution in [0.1, 0.15) is 38.0 Å². The van der Waals surface area contributed by atoms with Gasteiger partial charge >= 0.3 is 6.03 Å². The van der Waals surface area contributed by atoms with Crippen LogP contribution in [0.15, 0.2) is 42.5 Å². The molecule has 6 heteroatoms. The van der Waals surface area contributed by atoms with Crippen LogP contribution in [-0.2, 0) is 5.41 Å². The number of ether oxygens (including phenoxy) is 2. The number of urea groups is 1. The van der Waals surface area contributed by atoms with Crippen LogP contribution in [-0.4, -0.2) is 31.9 Å². The van der Waals surface area contributed by atoms with Crippen molar-refractivity contribution in [3.63, 3.8) is 0 Å². The molecule has 2 amide bonds. The average molecular weight is 372 g/mol. The van der Waals surface area contributed by atoms with Crippen LogP contribution in [0.2, 0.25) is 0 Å². The zero-order chi connectivity index (χ0) is 20.0. The van der Waals surface area contributed by atoms with Crippen molar-refractivity contribution >= 4 is 11.7 Å². The first-order chi connectivity index (χ1) is 12.7. The molecule has 0 fully saturated rings. The maximum atomic E-state index is 12.1. The van der Waals surface area contributed by atoms with Crippen LogP contribution < -0.4 is 20.1 Å². The lowest BCUT2D eigenvalue weighted by molar-refractivity contribution is 0.174. The van der Waals surface area contributed by atoms with Crippen molar-refractivity contribution in [1.29, 1.82) is 0 Å². The van der Waals surface area contributed by atoms with E-state index in [0.717, 1.165) is 0 Å². The van der Waals surface area contributed by atoms with Gasteiger partial charge in [-0.05, 0) is 40.8 Å². The van der Waals surface area contributed by atoms with Crippen molar-refractivity contribution in [2.45, 2.75) is 32.3 Å². The number of aliphatic hydroxyl groups is 1. The SMILES string of the molecule is COc1ccc(C(O)CNC(=O)Nc2ccc(C(C)(C)C)cc2)cc1OC. The molecule has 2 aromatic rings. The van der Waals surface area contributed by atoms with Gasteiger partial charge in [-0.25, -0.2) is 4.79 Å². The van der Waals surface area contributed by atoms with Gasteiger partial charge in [0.15, 0.2) is 11.5 Å². The van der Waals surface area contributed by atoms with E-state index >= 15 is 0 Å². The normalized spacial score (nSPS) is 12.2. The van der Waals surface area contributed by atoms with Crippen LogP contribution in [0.3, 0.4) is 0 Å². The zero-order valence-electron chi connectivity index (χ0n) is 16.5. The molecule has 146 valence electrons. The second kappa shape index (κ2) is 8.77. The molecule has 1 atom stereocenters. The fourth-order valence-electron chi connectivity index (χ4n) is 2.60. The summed E-state index contributed by atoms with van der Waals surface area (Å²) in [7, 11) is 3.08. The molecule has 0 aliphatic carbocycles. The van der Waals surface area contributed by atoms with Crippen molar-refractivity contribution in [3.05, 3.63) is 53.6 Å². The third kappa shape index (κ3) is 5.62. The second-order valence-electron chi connectivity index (χ2n) is 7.29. The number of hydrogen-bond acceptors (Lipinski definition) is 4. The zero-order valence-corrected chi connectivity index (χ0v) is 16.5. The number of carbonyl (C=O) groups excluding carboxylic acids is 1. The first-order valence-electron chi connectivity index (χ1n) is 8.80. The molecule has 3 N–H and O–H groups in total. The van der Waals surface area contributed by atoms with Gasteiger partial charge in [-0.1, -0.05) is 39.0 Å². The van der Waals surface area contributed by atoms with E-state index in [1.165, 1.54) is 12.7 Å². The van der Waals surface area contributed by atoms with Gasteiger partial charge in [0.1, 0.15) is 0 Å². The standard InChI is InChI=1S/C21H28N2O4/c1-21(2,3)15-7-9-16(10-8-15)23-20(25)22-13-17(24)14-6-11-18(26-4)19(12-14)27-5/h6-12,17,24H,13H2,1-5H3,(H2,22,23,25). The molecule has 0 spiro atoms. The van der Waals surface area contributed by atoms with Crippen LogP contribution in [0.25, 0.3) is 0 Å². The Kier molecular flexibility index (Phi) is 6.69. The van der Waals surface area contributed by atoms with Gasteiger partial charge in [0, 0.05) is 12.2 Å². The quantitative estimate of drug-likeness (QED) is 0.719. The van der Waals surface area contributed by atoms with Gasteiger partial charge < -0.3 is 25.2 Å². The first-order valence-corrected chi connectivity index (χ1v) is 8.80. The lowest BCUT2D eigenvalue weighted by atomic mass is 9.87. The molecular weight excluding hydrogens is 344 g/mol. The van der Waals surface area contributed by atoms with Crippen LogP contribution >= 0.6 is 0 Å². The third-order valence-electron chi connectivity index (χ3n) is 4.26. The molecule has 1 unspecified atom stereocenters. The topological polar surface area (TPSA) is 79.8 Å². The Hall–Kier alpha value is -2.73. The van der Waals surface area contributed by atoms with E-state index in [4.69, 9.17) is 9.47 Å².